The lowest BCUT2D eigenvalue weighted by atomic mass is 9.34. The Labute approximate surface area is 495 Å². The van der Waals surface area contributed by atoms with Crippen molar-refractivity contribution >= 4 is 156 Å². The van der Waals surface area contributed by atoms with Gasteiger partial charge in [-0.15, -0.1) is 0 Å². The van der Waals surface area contributed by atoms with E-state index in [2.05, 4.69) is 298 Å². The normalized spacial score (nSPS) is 13.0. The summed E-state index contributed by atoms with van der Waals surface area (Å²) in [6, 6.07) is 102. The van der Waals surface area contributed by atoms with Crippen LogP contribution in [0.3, 0.4) is 0 Å². The monoisotopic (exact) mass is 1090 g/mol. The lowest BCUT2D eigenvalue weighted by Gasteiger charge is -2.36. The summed E-state index contributed by atoms with van der Waals surface area (Å²) in [5.74, 6) is 3.47. The van der Waals surface area contributed by atoms with Crippen LogP contribution in [-0.2, 0) is 0 Å². The fraction of sp³-hybridized carbons (Fsp3) is 0. The third-order valence-corrected chi connectivity index (χ3v) is 19.1. The summed E-state index contributed by atoms with van der Waals surface area (Å²) in [6.45, 7) is -0.250. The van der Waals surface area contributed by atoms with Crippen LogP contribution < -0.4 is 52.1 Å². The molecule has 2 aromatic heterocycles. The number of para-hydroxylation sites is 8. The molecule has 16 aromatic rings. The summed E-state index contributed by atoms with van der Waals surface area (Å²) < 4.78 is 20.1. The number of hydrogen-bond donors (Lipinski definition) is 0. The van der Waals surface area contributed by atoms with Gasteiger partial charge in [0.05, 0.1) is 22.4 Å². The van der Waals surface area contributed by atoms with Crippen molar-refractivity contribution in [2.24, 2.45) is 0 Å². The van der Waals surface area contributed by atoms with Gasteiger partial charge in [-0.3, -0.25) is 0 Å². The minimum Gasteiger partial charge on any atom is -0.458 e. The summed E-state index contributed by atoms with van der Waals surface area (Å²) in [5, 5.41) is 12.0. The minimum atomic E-state index is -0.125. The van der Waals surface area contributed by atoms with E-state index < -0.39 is 0 Å². The molecule has 396 valence electrons. The number of ether oxygens (including phenoxy) is 2. The lowest BCUT2D eigenvalue weighted by Crippen LogP contribution is -2.58. The van der Waals surface area contributed by atoms with Crippen LogP contribution in [0.1, 0.15) is 0 Å². The van der Waals surface area contributed by atoms with E-state index in [-0.39, 0.29) is 13.4 Å². The molecule has 8 heteroatoms. The van der Waals surface area contributed by atoms with Crippen LogP contribution >= 0.6 is 0 Å². The van der Waals surface area contributed by atoms with Gasteiger partial charge in [-0.05, 0) is 150 Å². The van der Waals surface area contributed by atoms with Crippen molar-refractivity contribution < 1.29 is 9.47 Å². The molecule has 0 fully saturated rings. The molecule has 14 aromatic carbocycles. The molecule has 86 heavy (non-hydrogen) atoms. The highest BCUT2D eigenvalue weighted by Gasteiger charge is 2.44. The molecule has 0 spiro atoms. The molecule has 4 aliphatic heterocycles. The maximum Gasteiger partial charge on any atom is 0.256 e. The Balaban J connectivity index is 0.851. The van der Waals surface area contributed by atoms with Gasteiger partial charge in [0.15, 0.2) is 0 Å². The fourth-order valence-corrected chi connectivity index (χ4v) is 15.7. The number of hydrogen-bond acceptors (Lipinski definition) is 4. The van der Waals surface area contributed by atoms with E-state index in [0.29, 0.717) is 0 Å². The average Bonchev–Trinajstić information content (AvgIpc) is 1.33. The van der Waals surface area contributed by atoms with Crippen LogP contribution in [0.25, 0.3) is 87.3 Å². The van der Waals surface area contributed by atoms with Crippen LogP contribution in [-0.4, -0.2) is 22.6 Å². The van der Waals surface area contributed by atoms with E-state index in [9.17, 15) is 0 Å². The SMILES string of the molecule is c1ccc(N(c2ccccc2)c2cc3c4c(c2)-n2c5ccccc5c5cccc(c52)B4c2cc4c(cc2O3)c2ccccc2c2cc3c(cc24)B2c4c(cc(N(c5ccccc5)c5ccccc5)cc4-n4c5ccccc5c5cccc2c54)O3)cc1. The largest absolute Gasteiger partial charge is 0.458 e. The number of aromatic nitrogens is 2. The van der Waals surface area contributed by atoms with Crippen molar-refractivity contribution in [2.75, 3.05) is 9.80 Å². The Morgan fingerprint density at radius 3 is 0.977 bits per heavy atom. The lowest BCUT2D eigenvalue weighted by molar-refractivity contribution is 0.487. The van der Waals surface area contributed by atoms with Gasteiger partial charge in [0.2, 0.25) is 0 Å². The highest BCUT2D eigenvalue weighted by atomic mass is 16.5. The summed E-state index contributed by atoms with van der Waals surface area (Å²) in [6.07, 6.45) is 0. The fourth-order valence-electron chi connectivity index (χ4n) is 15.7. The molecule has 0 atom stereocenters. The van der Waals surface area contributed by atoms with Crippen LogP contribution in [0, 0.1) is 0 Å². The first kappa shape index (κ1) is 46.3. The molecule has 20 rings (SSSR count). The molecule has 0 bridgehead atoms. The Morgan fingerprint density at radius 2 is 0.581 bits per heavy atom. The Morgan fingerprint density at radius 1 is 0.244 bits per heavy atom. The topological polar surface area (TPSA) is 34.8 Å². The third kappa shape index (κ3) is 6.21. The van der Waals surface area contributed by atoms with Crippen molar-refractivity contribution in [3.63, 3.8) is 0 Å². The van der Waals surface area contributed by atoms with Crippen molar-refractivity contribution in [1.82, 2.24) is 9.13 Å². The molecule has 0 amide bonds. The van der Waals surface area contributed by atoms with Crippen LogP contribution in [0.2, 0.25) is 0 Å². The number of fused-ring (bicyclic) bond motifs is 20. The third-order valence-electron chi connectivity index (χ3n) is 19.1. The van der Waals surface area contributed by atoms with E-state index in [0.717, 1.165) is 90.2 Å². The van der Waals surface area contributed by atoms with Gasteiger partial charge in [-0.25, -0.2) is 0 Å². The second kappa shape index (κ2) is 17.2. The molecule has 4 aliphatic rings. The summed E-state index contributed by atoms with van der Waals surface area (Å²) in [5.41, 5.74) is 20.6. The molecule has 0 N–H and O–H groups in total. The molecular formula is C78H46B2N4O2. The van der Waals surface area contributed by atoms with Crippen LogP contribution in [0.4, 0.5) is 34.1 Å². The van der Waals surface area contributed by atoms with Crippen molar-refractivity contribution in [2.45, 2.75) is 0 Å². The Bertz CT molecular complexity index is 5200. The van der Waals surface area contributed by atoms with E-state index in [1.165, 1.54) is 87.0 Å². The maximum absolute atomic E-state index is 7.55. The number of benzene rings is 14. The van der Waals surface area contributed by atoms with E-state index in [1.807, 2.05) is 0 Å². The number of nitrogens with zero attached hydrogens (tertiary/aromatic N) is 4. The van der Waals surface area contributed by atoms with Gasteiger partial charge in [-0.1, -0.05) is 182 Å². The zero-order valence-electron chi connectivity index (χ0n) is 46.3. The molecule has 0 radical (unpaired) electrons. The maximum atomic E-state index is 7.55. The predicted molar refractivity (Wildman–Crippen MR) is 359 cm³/mol. The Kier molecular flexibility index (Phi) is 9.26. The van der Waals surface area contributed by atoms with Gasteiger partial charge >= 0.3 is 0 Å². The molecule has 0 aliphatic carbocycles. The number of rotatable bonds is 6. The van der Waals surface area contributed by atoms with Crippen LogP contribution in [0.15, 0.2) is 279 Å². The highest BCUT2D eigenvalue weighted by Crippen LogP contribution is 2.48. The summed E-state index contributed by atoms with van der Waals surface area (Å²) in [4.78, 5) is 4.71. The second-order valence-electron chi connectivity index (χ2n) is 23.4. The smallest absolute Gasteiger partial charge is 0.256 e. The minimum absolute atomic E-state index is 0.125. The molecule has 0 saturated heterocycles. The van der Waals surface area contributed by atoms with E-state index in [1.54, 1.807) is 0 Å². The van der Waals surface area contributed by atoms with Gasteiger partial charge < -0.3 is 28.4 Å². The van der Waals surface area contributed by atoms with E-state index in [4.69, 9.17) is 9.47 Å². The molecule has 6 nitrogen and oxygen atoms in total. The van der Waals surface area contributed by atoms with Gasteiger partial charge in [0.25, 0.3) is 13.4 Å². The first-order chi connectivity index (χ1) is 42.7. The van der Waals surface area contributed by atoms with Crippen molar-refractivity contribution in [3.8, 4) is 34.4 Å². The predicted octanol–water partition coefficient (Wildman–Crippen LogP) is 16.2. The zero-order chi connectivity index (χ0) is 55.9. The molecule has 6 heterocycles. The Hall–Kier alpha value is -11.2. The second-order valence-corrected chi connectivity index (χ2v) is 23.4. The summed E-state index contributed by atoms with van der Waals surface area (Å²) in [7, 11) is 0. The number of anilines is 6. The van der Waals surface area contributed by atoms with Gasteiger partial charge in [0, 0.05) is 78.8 Å². The molecule has 0 unspecified atom stereocenters. The first-order valence-corrected chi connectivity index (χ1v) is 29.7. The quantitative estimate of drug-likeness (QED) is 0.123. The zero-order valence-corrected chi connectivity index (χ0v) is 46.3. The van der Waals surface area contributed by atoms with Gasteiger partial charge in [0.1, 0.15) is 23.0 Å². The van der Waals surface area contributed by atoms with Crippen LogP contribution in [0.5, 0.6) is 23.0 Å². The first-order valence-electron chi connectivity index (χ1n) is 29.7. The molecule has 0 saturated carbocycles. The molecular weight excluding hydrogens is 1050 g/mol. The standard InChI is InChI=1S/C78H46B2N4O2/c1-5-21-47(22-6-1)81(48-23-7-2-8-24-48)51-39-69-75-73(41-51)85-71-45-61-53-29-13-14-30-54(53)62-46-72-66(44-60(62)59(61)43-65(71)79(75)63-35-19-33-57-55-31-15-17-37-67(55)83(69)77(57)63)80-64-36-20-34-58-56-32-16-18-38-68(56)84(78(58)64)70-40-52(42-74(86-72)76(70)80)82(49-25-9-3-10-26-49)50-27-11-4-12-28-50/h1-46H. The van der Waals surface area contributed by atoms with E-state index >= 15 is 0 Å². The van der Waals surface area contributed by atoms with Crippen molar-refractivity contribution in [1.29, 1.82) is 0 Å². The van der Waals surface area contributed by atoms with Crippen molar-refractivity contribution in [3.05, 3.63) is 279 Å². The highest BCUT2D eigenvalue weighted by molar-refractivity contribution is 7.00. The summed E-state index contributed by atoms with van der Waals surface area (Å²) >= 11 is 0. The van der Waals surface area contributed by atoms with Gasteiger partial charge in [-0.2, -0.15) is 0 Å². The average molecular weight is 1090 g/mol.